The molecule has 0 spiro atoms. The molecular weight excluding hydrogens is 229 g/mol. The molecule has 0 saturated heterocycles. The number of rotatable bonds is 2. The molecule has 0 bridgehead atoms. The molecule has 0 fully saturated rings. The van der Waals surface area contributed by atoms with Crippen LogP contribution in [0.4, 0.5) is 0 Å². The van der Waals surface area contributed by atoms with E-state index in [0.717, 1.165) is 4.43 Å². The lowest BCUT2D eigenvalue weighted by Crippen LogP contribution is -1.90. The molecule has 0 aliphatic heterocycles. The predicted molar refractivity (Wildman–Crippen MR) is 43.1 cm³/mol. The fraction of sp³-hybridized carbons (Fsp3) is 0.500. The molecule has 0 unspecified atom stereocenters. The predicted octanol–water partition coefficient (Wildman–Crippen LogP) is 0.965. The molecule has 0 N–H and O–H groups in total. The summed E-state index contributed by atoms with van der Waals surface area (Å²) in [5, 5.41) is 8.00. The monoisotopic (exact) mass is 235 g/mol. The van der Waals surface area contributed by atoms with Gasteiger partial charge >= 0.3 is 0 Å². The van der Waals surface area contributed by atoms with Crippen LogP contribution in [0.5, 0.6) is 0 Å². The third-order valence-electron chi connectivity index (χ3n) is 0.533. The van der Waals surface area contributed by atoms with E-state index in [9.17, 15) is 0 Å². The molecular formula is C6H6INO. The summed E-state index contributed by atoms with van der Waals surface area (Å²) in [5.41, 5.74) is 0. The Kier molecular flexibility index (Phi) is 7.52. The second-order valence-corrected chi connectivity index (χ2v) is 1.90. The lowest BCUT2D eigenvalue weighted by molar-refractivity contribution is 0.203. The largest absolute Gasteiger partial charge is 0.354 e. The van der Waals surface area contributed by atoms with Crippen molar-refractivity contribution >= 4 is 22.6 Å². The zero-order chi connectivity index (χ0) is 6.95. The summed E-state index contributed by atoms with van der Waals surface area (Å²) in [6.45, 7) is 0.506. The fourth-order valence-electron chi connectivity index (χ4n) is 0.246. The third-order valence-corrected chi connectivity index (χ3v) is 0.914. The van der Waals surface area contributed by atoms with E-state index in [-0.39, 0.29) is 6.61 Å². The van der Waals surface area contributed by atoms with Crippen LogP contribution in [-0.4, -0.2) is 17.6 Å². The van der Waals surface area contributed by atoms with Crippen LogP contribution < -0.4 is 0 Å². The summed E-state index contributed by atoms with van der Waals surface area (Å²) < 4.78 is 5.56. The van der Waals surface area contributed by atoms with Gasteiger partial charge in [-0.15, -0.1) is 0 Å². The van der Waals surface area contributed by atoms with Crippen molar-refractivity contribution in [2.24, 2.45) is 0 Å². The summed E-state index contributed by atoms with van der Waals surface area (Å²) in [7, 11) is 0. The van der Waals surface area contributed by atoms with Crippen molar-refractivity contribution in [2.45, 2.75) is 0 Å². The molecule has 0 rings (SSSR count). The molecule has 0 aliphatic rings. The molecule has 0 aliphatic carbocycles. The Hall–Kier alpha value is -0.260. The molecule has 0 saturated carbocycles. The average Bonchev–Trinajstić information content (AvgIpc) is 1.89. The number of halogens is 1. The Morgan fingerprint density at radius 3 is 2.67 bits per heavy atom. The molecule has 3 heteroatoms. The molecule has 0 heterocycles. The van der Waals surface area contributed by atoms with Gasteiger partial charge in [0.25, 0.3) is 0 Å². The summed E-state index contributed by atoms with van der Waals surface area (Å²) in [6.07, 6.45) is 0. The van der Waals surface area contributed by atoms with Crippen LogP contribution in [0.2, 0.25) is 0 Å². The SMILES string of the molecule is N#CCOCC#CCI. The number of alkyl halides is 1. The normalized spacial score (nSPS) is 7.11. The van der Waals surface area contributed by atoms with Gasteiger partial charge in [0.2, 0.25) is 0 Å². The van der Waals surface area contributed by atoms with Gasteiger partial charge in [0.05, 0.1) is 10.5 Å². The Morgan fingerprint density at radius 2 is 2.11 bits per heavy atom. The maximum Gasteiger partial charge on any atom is 0.134 e. The van der Waals surface area contributed by atoms with E-state index in [1.54, 1.807) is 0 Å². The van der Waals surface area contributed by atoms with Crippen LogP contribution in [-0.2, 0) is 4.74 Å². The Morgan fingerprint density at radius 1 is 1.33 bits per heavy atom. The van der Waals surface area contributed by atoms with Crippen molar-refractivity contribution in [2.75, 3.05) is 17.6 Å². The summed E-state index contributed by atoms with van der Waals surface area (Å²) >= 11 is 2.15. The first-order valence-electron chi connectivity index (χ1n) is 2.38. The number of hydrogen-bond acceptors (Lipinski definition) is 2. The highest BCUT2D eigenvalue weighted by Crippen LogP contribution is 1.75. The van der Waals surface area contributed by atoms with Crippen LogP contribution >= 0.6 is 22.6 Å². The highest BCUT2D eigenvalue weighted by Gasteiger charge is 1.75. The van der Waals surface area contributed by atoms with Gasteiger partial charge in [-0.05, 0) is 0 Å². The van der Waals surface area contributed by atoms with Crippen LogP contribution in [0.25, 0.3) is 0 Å². The van der Waals surface area contributed by atoms with Gasteiger partial charge in [0.1, 0.15) is 13.2 Å². The van der Waals surface area contributed by atoms with Gasteiger partial charge in [-0.3, -0.25) is 0 Å². The lowest BCUT2D eigenvalue weighted by atomic mass is 10.6. The van der Waals surface area contributed by atoms with Crippen molar-refractivity contribution in [3.8, 4) is 17.9 Å². The molecule has 2 nitrogen and oxygen atoms in total. The number of nitriles is 1. The average molecular weight is 235 g/mol. The summed E-state index contributed by atoms with van der Waals surface area (Å²) in [4.78, 5) is 0. The van der Waals surface area contributed by atoms with Crippen molar-refractivity contribution in [3.05, 3.63) is 0 Å². The van der Waals surface area contributed by atoms with E-state index in [1.165, 1.54) is 0 Å². The molecule has 0 radical (unpaired) electrons. The van der Waals surface area contributed by atoms with E-state index in [1.807, 2.05) is 6.07 Å². The van der Waals surface area contributed by atoms with Gasteiger partial charge in [-0.25, -0.2) is 0 Å². The highest BCUT2D eigenvalue weighted by atomic mass is 127. The second kappa shape index (κ2) is 7.74. The molecule has 9 heavy (non-hydrogen) atoms. The van der Waals surface area contributed by atoms with Gasteiger partial charge in [0, 0.05) is 0 Å². The molecule has 0 atom stereocenters. The minimum absolute atomic E-state index is 0.135. The maximum atomic E-state index is 8.00. The first-order valence-corrected chi connectivity index (χ1v) is 3.90. The number of hydrogen-bond donors (Lipinski definition) is 0. The summed E-state index contributed by atoms with van der Waals surface area (Å²) in [5.74, 6) is 5.55. The van der Waals surface area contributed by atoms with Crippen molar-refractivity contribution < 1.29 is 4.74 Å². The van der Waals surface area contributed by atoms with Crippen molar-refractivity contribution in [1.29, 1.82) is 5.26 Å². The Bertz CT molecular complexity index is 151. The van der Waals surface area contributed by atoms with E-state index >= 15 is 0 Å². The van der Waals surface area contributed by atoms with Gasteiger partial charge in [-0.2, -0.15) is 5.26 Å². The van der Waals surface area contributed by atoms with Crippen LogP contribution in [0.15, 0.2) is 0 Å². The number of nitrogens with zero attached hydrogens (tertiary/aromatic N) is 1. The molecule has 0 aromatic carbocycles. The molecule has 48 valence electrons. The highest BCUT2D eigenvalue weighted by molar-refractivity contribution is 14.1. The van der Waals surface area contributed by atoms with Crippen LogP contribution in [0.3, 0.4) is 0 Å². The van der Waals surface area contributed by atoms with Crippen molar-refractivity contribution in [3.63, 3.8) is 0 Å². The van der Waals surface area contributed by atoms with Gasteiger partial charge in [0.15, 0.2) is 0 Å². The first kappa shape index (κ1) is 8.74. The lowest BCUT2D eigenvalue weighted by Gasteiger charge is -1.85. The van der Waals surface area contributed by atoms with Crippen LogP contribution in [0.1, 0.15) is 0 Å². The Labute approximate surface area is 68.3 Å². The van der Waals surface area contributed by atoms with Gasteiger partial charge in [-0.1, -0.05) is 34.4 Å². The minimum Gasteiger partial charge on any atom is -0.354 e. The molecule has 0 amide bonds. The molecule has 0 aromatic heterocycles. The minimum atomic E-state index is 0.135. The smallest absolute Gasteiger partial charge is 0.134 e. The van der Waals surface area contributed by atoms with E-state index in [4.69, 9.17) is 10.00 Å². The maximum absolute atomic E-state index is 8.00. The van der Waals surface area contributed by atoms with E-state index in [2.05, 4.69) is 34.4 Å². The van der Waals surface area contributed by atoms with Crippen LogP contribution in [0, 0.1) is 23.2 Å². The zero-order valence-electron chi connectivity index (χ0n) is 4.85. The third kappa shape index (κ3) is 7.74. The molecule has 0 aromatic rings. The topological polar surface area (TPSA) is 33.0 Å². The number of ether oxygens (including phenoxy) is 1. The van der Waals surface area contributed by atoms with E-state index < -0.39 is 0 Å². The van der Waals surface area contributed by atoms with Gasteiger partial charge < -0.3 is 4.74 Å². The standard InChI is InChI=1S/C6H6INO/c7-3-1-2-5-9-6-4-8/h3,5-6H2. The van der Waals surface area contributed by atoms with E-state index in [0.29, 0.717) is 6.61 Å². The summed E-state index contributed by atoms with van der Waals surface area (Å²) in [6, 6.07) is 1.85. The Balaban J connectivity index is 3.01. The zero-order valence-corrected chi connectivity index (χ0v) is 7.01. The van der Waals surface area contributed by atoms with Crippen molar-refractivity contribution in [1.82, 2.24) is 0 Å². The fourth-order valence-corrected chi connectivity index (χ4v) is 0.516. The second-order valence-electron chi connectivity index (χ2n) is 1.14. The first-order chi connectivity index (χ1) is 4.41. The quantitative estimate of drug-likeness (QED) is 0.309.